The van der Waals surface area contributed by atoms with Gasteiger partial charge in [-0.2, -0.15) is 0 Å². The fourth-order valence-corrected chi connectivity index (χ4v) is 2.58. The predicted octanol–water partition coefficient (Wildman–Crippen LogP) is 0.114. The zero-order valence-corrected chi connectivity index (χ0v) is 11.0. The molecule has 0 spiro atoms. The Morgan fingerprint density at radius 1 is 1.21 bits per heavy atom. The number of ether oxygens (including phenoxy) is 2. The Kier molecular flexibility index (Phi) is 3.18. The number of pyridine rings is 1. The van der Waals surface area contributed by atoms with Crippen LogP contribution in [0.15, 0.2) is 11.0 Å². The minimum Gasteiger partial charge on any atom is -0.468 e. The molecule has 0 aliphatic heterocycles. The summed E-state index contributed by atoms with van der Waals surface area (Å²) in [6.45, 7) is 1.67. The summed E-state index contributed by atoms with van der Waals surface area (Å²) in [4.78, 5) is 38.2. The van der Waals surface area contributed by atoms with Crippen molar-refractivity contribution in [3.05, 3.63) is 33.2 Å². The number of carbonyl (C=O) groups is 2. The first kappa shape index (κ1) is 13.3. The highest BCUT2D eigenvalue weighted by molar-refractivity contribution is 6.01. The van der Waals surface area contributed by atoms with Crippen LogP contribution in [0.4, 0.5) is 0 Å². The highest BCUT2D eigenvalue weighted by Gasteiger charge is 2.53. The van der Waals surface area contributed by atoms with Crippen molar-refractivity contribution in [1.82, 2.24) is 4.98 Å². The monoisotopic (exact) mass is 265 g/mol. The number of H-pyrrole nitrogens is 1. The van der Waals surface area contributed by atoms with Gasteiger partial charge >= 0.3 is 11.9 Å². The molecule has 1 aliphatic carbocycles. The van der Waals surface area contributed by atoms with E-state index in [1.807, 2.05) is 0 Å². The van der Waals surface area contributed by atoms with Crippen LogP contribution >= 0.6 is 0 Å². The van der Waals surface area contributed by atoms with Gasteiger partial charge in [-0.3, -0.25) is 14.4 Å². The van der Waals surface area contributed by atoms with Gasteiger partial charge in [-0.15, -0.1) is 0 Å². The maximum atomic E-state index is 12.0. The van der Waals surface area contributed by atoms with E-state index in [0.717, 1.165) is 11.1 Å². The molecule has 6 nitrogen and oxygen atoms in total. The van der Waals surface area contributed by atoms with E-state index in [1.54, 1.807) is 6.92 Å². The molecule has 6 heteroatoms. The standard InChI is InChI=1S/C13H15NO5/c1-7-9-5-13(11(16)18-2,12(17)19-3)4-8(9)6-14-10(7)15/h6H,4-5H2,1-3H3,(H,14,15). The second kappa shape index (κ2) is 4.53. The Labute approximate surface area is 109 Å². The van der Waals surface area contributed by atoms with Gasteiger partial charge in [0.2, 0.25) is 0 Å². The summed E-state index contributed by atoms with van der Waals surface area (Å²) in [6, 6.07) is 0. The van der Waals surface area contributed by atoms with Crippen molar-refractivity contribution in [3.63, 3.8) is 0 Å². The SMILES string of the molecule is COC(=O)C1(C(=O)OC)Cc2c[nH]c(=O)c(C)c2C1. The molecule has 0 amide bonds. The maximum absolute atomic E-state index is 12.0. The second-order valence-corrected chi connectivity index (χ2v) is 4.67. The van der Waals surface area contributed by atoms with Crippen LogP contribution in [-0.4, -0.2) is 31.1 Å². The van der Waals surface area contributed by atoms with Crippen LogP contribution in [0.1, 0.15) is 16.7 Å². The molecule has 0 atom stereocenters. The molecule has 0 saturated heterocycles. The van der Waals surface area contributed by atoms with E-state index in [0.29, 0.717) is 5.56 Å². The Hall–Kier alpha value is -2.11. The number of nitrogens with one attached hydrogen (secondary N) is 1. The van der Waals surface area contributed by atoms with Crippen molar-refractivity contribution in [1.29, 1.82) is 0 Å². The molecule has 1 aromatic rings. The molecule has 2 rings (SSSR count). The normalized spacial score (nSPS) is 15.7. The van der Waals surface area contributed by atoms with Crippen LogP contribution in [0.5, 0.6) is 0 Å². The predicted molar refractivity (Wildman–Crippen MR) is 65.7 cm³/mol. The Morgan fingerprint density at radius 2 is 1.79 bits per heavy atom. The number of hydrogen-bond acceptors (Lipinski definition) is 5. The molecule has 0 unspecified atom stereocenters. The number of aromatic nitrogens is 1. The Bertz CT molecular complexity index is 586. The highest BCUT2D eigenvalue weighted by Crippen LogP contribution is 2.39. The summed E-state index contributed by atoms with van der Waals surface area (Å²) in [5.41, 5.74) is 0.419. The smallest absolute Gasteiger partial charge is 0.323 e. The van der Waals surface area contributed by atoms with E-state index in [1.165, 1.54) is 20.4 Å². The lowest BCUT2D eigenvalue weighted by Crippen LogP contribution is -2.42. The lowest BCUT2D eigenvalue weighted by atomic mass is 9.84. The molecule has 0 aromatic carbocycles. The molecule has 0 radical (unpaired) electrons. The molecule has 1 N–H and O–H groups in total. The average molecular weight is 265 g/mol. The van der Waals surface area contributed by atoms with E-state index in [4.69, 9.17) is 9.47 Å². The molecule has 19 heavy (non-hydrogen) atoms. The number of fused-ring (bicyclic) bond motifs is 1. The quantitative estimate of drug-likeness (QED) is 0.606. The molecule has 1 heterocycles. The molecule has 102 valence electrons. The van der Waals surface area contributed by atoms with Crippen molar-refractivity contribution in [3.8, 4) is 0 Å². The zero-order valence-electron chi connectivity index (χ0n) is 11.0. The number of esters is 2. The first-order chi connectivity index (χ1) is 8.96. The van der Waals surface area contributed by atoms with Crippen LogP contribution in [0.3, 0.4) is 0 Å². The van der Waals surface area contributed by atoms with Gasteiger partial charge in [-0.05, 0) is 18.1 Å². The number of carbonyl (C=O) groups excluding carboxylic acids is 2. The number of methoxy groups -OCH3 is 2. The zero-order chi connectivity index (χ0) is 14.2. The van der Waals surface area contributed by atoms with Crippen molar-refractivity contribution in [2.75, 3.05) is 14.2 Å². The third kappa shape index (κ3) is 1.83. The molecule has 0 bridgehead atoms. The van der Waals surface area contributed by atoms with Crippen LogP contribution in [0.25, 0.3) is 0 Å². The molecule has 0 fully saturated rings. The summed E-state index contributed by atoms with van der Waals surface area (Å²) in [5.74, 6) is -1.27. The summed E-state index contributed by atoms with van der Waals surface area (Å²) >= 11 is 0. The van der Waals surface area contributed by atoms with Crippen molar-refractivity contribution < 1.29 is 19.1 Å². The van der Waals surface area contributed by atoms with Crippen molar-refractivity contribution >= 4 is 11.9 Å². The van der Waals surface area contributed by atoms with E-state index in [9.17, 15) is 14.4 Å². The lowest BCUT2D eigenvalue weighted by Gasteiger charge is -2.22. The minimum atomic E-state index is -1.38. The largest absolute Gasteiger partial charge is 0.468 e. The third-order valence-corrected chi connectivity index (χ3v) is 3.68. The van der Waals surface area contributed by atoms with E-state index in [-0.39, 0.29) is 18.4 Å². The topological polar surface area (TPSA) is 85.5 Å². The molecular formula is C13H15NO5. The molecule has 0 saturated carbocycles. The second-order valence-electron chi connectivity index (χ2n) is 4.67. The van der Waals surface area contributed by atoms with Gasteiger partial charge in [-0.25, -0.2) is 0 Å². The van der Waals surface area contributed by atoms with Gasteiger partial charge in [-0.1, -0.05) is 0 Å². The van der Waals surface area contributed by atoms with Crippen LogP contribution in [-0.2, 0) is 31.9 Å². The number of hydrogen-bond donors (Lipinski definition) is 1. The summed E-state index contributed by atoms with van der Waals surface area (Å²) in [5, 5.41) is 0. The Balaban J connectivity index is 2.54. The first-order valence-corrected chi connectivity index (χ1v) is 5.83. The van der Waals surface area contributed by atoms with E-state index < -0.39 is 17.4 Å². The summed E-state index contributed by atoms with van der Waals surface area (Å²) < 4.78 is 9.47. The summed E-state index contributed by atoms with van der Waals surface area (Å²) in [7, 11) is 2.46. The molecule has 1 aliphatic rings. The van der Waals surface area contributed by atoms with Crippen LogP contribution in [0.2, 0.25) is 0 Å². The minimum absolute atomic E-state index is 0.136. The third-order valence-electron chi connectivity index (χ3n) is 3.68. The van der Waals surface area contributed by atoms with Gasteiger partial charge in [0.15, 0.2) is 5.41 Å². The fourth-order valence-electron chi connectivity index (χ4n) is 2.58. The van der Waals surface area contributed by atoms with E-state index >= 15 is 0 Å². The maximum Gasteiger partial charge on any atom is 0.323 e. The van der Waals surface area contributed by atoms with Gasteiger partial charge in [0.25, 0.3) is 5.56 Å². The van der Waals surface area contributed by atoms with Gasteiger partial charge in [0.05, 0.1) is 14.2 Å². The van der Waals surface area contributed by atoms with E-state index in [2.05, 4.69) is 4.98 Å². The number of aromatic amines is 1. The highest BCUT2D eigenvalue weighted by atomic mass is 16.5. The van der Waals surface area contributed by atoms with Crippen molar-refractivity contribution in [2.45, 2.75) is 19.8 Å². The molecular weight excluding hydrogens is 250 g/mol. The van der Waals surface area contributed by atoms with Crippen LogP contribution in [0, 0.1) is 12.3 Å². The number of rotatable bonds is 2. The summed E-state index contributed by atoms with van der Waals surface area (Å²) in [6.07, 6.45) is 1.86. The van der Waals surface area contributed by atoms with Gasteiger partial charge in [0.1, 0.15) is 0 Å². The van der Waals surface area contributed by atoms with Crippen molar-refractivity contribution in [2.24, 2.45) is 5.41 Å². The Morgan fingerprint density at radius 3 is 2.32 bits per heavy atom. The molecule has 1 aromatic heterocycles. The van der Waals surface area contributed by atoms with Gasteiger partial charge < -0.3 is 14.5 Å². The first-order valence-electron chi connectivity index (χ1n) is 5.83. The lowest BCUT2D eigenvalue weighted by molar-refractivity contribution is -0.168. The van der Waals surface area contributed by atoms with Crippen LogP contribution < -0.4 is 5.56 Å². The average Bonchev–Trinajstić information content (AvgIpc) is 2.82. The van der Waals surface area contributed by atoms with Gasteiger partial charge in [0, 0.05) is 24.6 Å². The fraction of sp³-hybridized carbons (Fsp3) is 0.462.